The maximum atomic E-state index is 15.1. The zero-order chi connectivity index (χ0) is 35.5. The lowest BCUT2D eigenvalue weighted by Gasteiger charge is -2.27. The molecule has 1 aliphatic carbocycles. The molecule has 1 fully saturated rings. The van der Waals surface area contributed by atoms with Gasteiger partial charge in [0.25, 0.3) is 5.56 Å². The molecule has 2 aromatic carbocycles. The highest BCUT2D eigenvalue weighted by Gasteiger charge is 2.30. The molecular formula is C36H38F2N6O5S. The molecule has 3 aromatic heterocycles. The highest BCUT2D eigenvalue weighted by Crippen LogP contribution is 2.40. The Morgan fingerprint density at radius 3 is 2.38 bits per heavy atom. The average Bonchev–Trinajstić information content (AvgIpc) is 3.48. The maximum Gasteiger partial charge on any atom is 0.343 e. The number of rotatable bonds is 10. The number of nitrogens with one attached hydrogen (secondary N) is 2. The van der Waals surface area contributed by atoms with Crippen molar-refractivity contribution in [1.29, 1.82) is 0 Å². The number of halogens is 2. The van der Waals surface area contributed by atoms with Gasteiger partial charge in [0.15, 0.2) is 0 Å². The van der Waals surface area contributed by atoms with Crippen molar-refractivity contribution in [3.63, 3.8) is 0 Å². The molecule has 1 unspecified atom stereocenters. The lowest BCUT2D eigenvalue weighted by Crippen LogP contribution is -2.43. The molecule has 6 rings (SSSR count). The molecule has 0 bridgehead atoms. The number of pyridine rings is 1. The average molecular weight is 705 g/mol. The highest BCUT2D eigenvalue weighted by molar-refractivity contribution is 7.22. The number of aliphatic hydroxyl groups is 1. The molecule has 1 aliphatic rings. The van der Waals surface area contributed by atoms with E-state index in [0.29, 0.717) is 52.2 Å². The van der Waals surface area contributed by atoms with Crippen LogP contribution < -0.4 is 22.0 Å². The van der Waals surface area contributed by atoms with Crippen molar-refractivity contribution >= 4 is 33.3 Å². The van der Waals surface area contributed by atoms with Gasteiger partial charge in [-0.3, -0.25) is 28.7 Å². The predicted molar refractivity (Wildman–Crippen MR) is 188 cm³/mol. The molecule has 0 saturated heterocycles. The van der Waals surface area contributed by atoms with Gasteiger partial charge in [0.1, 0.15) is 16.5 Å². The minimum atomic E-state index is -0.801. The first kappa shape index (κ1) is 35.1. The van der Waals surface area contributed by atoms with Crippen LogP contribution in [0, 0.1) is 11.6 Å². The van der Waals surface area contributed by atoms with Crippen molar-refractivity contribution in [2.24, 2.45) is 0 Å². The van der Waals surface area contributed by atoms with Crippen LogP contribution in [0.1, 0.15) is 61.5 Å². The Hall–Kier alpha value is -4.76. The number of hydrogen-bond donors (Lipinski definition) is 3. The van der Waals surface area contributed by atoms with Crippen molar-refractivity contribution in [2.45, 2.75) is 63.9 Å². The molecule has 1 atom stereocenters. The normalized spacial score (nSPS) is 16.9. The van der Waals surface area contributed by atoms with Gasteiger partial charge in [0, 0.05) is 41.0 Å². The van der Waals surface area contributed by atoms with Crippen LogP contribution in [-0.2, 0) is 17.9 Å². The van der Waals surface area contributed by atoms with E-state index < -0.39 is 47.6 Å². The predicted octanol–water partition coefficient (Wildman–Crippen LogP) is 5.97. The van der Waals surface area contributed by atoms with Gasteiger partial charge in [-0.15, -0.1) is 11.3 Å². The minimum absolute atomic E-state index is 0.162. The summed E-state index contributed by atoms with van der Waals surface area (Å²) in [4.78, 5) is 53.2. The molecule has 50 heavy (non-hydrogen) atoms. The lowest BCUT2D eigenvalue weighted by molar-refractivity contribution is 0.108. The van der Waals surface area contributed by atoms with Crippen LogP contribution >= 0.6 is 11.3 Å². The van der Waals surface area contributed by atoms with Gasteiger partial charge < -0.3 is 10.4 Å². The van der Waals surface area contributed by atoms with Gasteiger partial charge in [0.05, 0.1) is 30.8 Å². The van der Waals surface area contributed by atoms with Gasteiger partial charge in [0.2, 0.25) is 0 Å². The number of aromatic nitrogens is 3. The van der Waals surface area contributed by atoms with E-state index in [-0.39, 0.29) is 23.5 Å². The number of amides is 2. The molecule has 0 aliphatic heterocycles. The largest absolute Gasteiger partial charge is 0.393 e. The summed E-state index contributed by atoms with van der Waals surface area (Å²) in [5.74, 6) is -1.60. The van der Waals surface area contributed by atoms with E-state index in [2.05, 4.69) is 20.6 Å². The lowest BCUT2D eigenvalue weighted by atomic mass is 9.93. The Balaban J connectivity index is 1.57. The number of anilines is 1. The van der Waals surface area contributed by atoms with Crippen LogP contribution in [0.3, 0.4) is 0 Å². The maximum absolute atomic E-state index is 15.1. The Kier molecular flexibility index (Phi) is 10.5. The van der Waals surface area contributed by atoms with Crippen molar-refractivity contribution in [2.75, 3.05) is 19.5 Å². The van der Waals surface area contributed by atoms with Gasteiger partial charge in [-0.2, -0.15) is 0 Å². The monoisotopic (exact) mass is 704 g/mol. The Bertz CT molecular complexity index is 2090. The van der Waals surface area contributed by atoms with Crippen molar-refractivity contribution in [1.82, 2.24) is 24.5 Å². The number of carbonyl (C=O) groups is 1. The number of hydrogen-bond acceptors (Lipinski definition) is 8. The second-order valence-electron chi connectivity index (χ2n) is 12.5. The Labute approximate surface area is 290 Å². The first-order valence-corrected chi connectivity index (χ1v) is 17.1. The summed E-state index contributed by atoms with van der Waals surface area (Å²) in [6, 6.07) is 15.0. The molecule has 3 N–H and O–H groups in total. The zero-order valence-electron chi connectivity index (χ0n) is 27.9. The fourth-order valence-electron chi connectivity index (χ4n) is 6.48. The number of thiophene rings is 1. The summed E-state index contributed by atoms with van der Waals surface area (Å²) in [6.45, 7) is 1.85. The number of carbonyl (C=O) groups excluding carboxylic acids is 1. The molecule has 0 radical (unpaired) electrons. The third-order valence-corrected chi connectivity index (χ3v) is 10.6. The van der Waals surface area contributed by atoms with E-state index in [0.717, 1.165) is 17.8 Å². The molecule has 262 valence electrons. The van der Waals surface area contributed by atoms with Crippen molar-refractivity contribution in [3.8, 4) is 10.4 Å². The number of aliphatic hydroxyl groups excluding tert-OH is 1. The molecular weight excluding hydrogens is 666 g/mol. The summed E-state index contributed by atoms with van der Waals surface area (Å²) < 4.78 is 32.7. The number of fused-ring (bicyclic) bond motifs is 1. The summed E-state index contributed by atoms with van der Waals surface area (Å²) in [5.41, 5.74) is 3.43. The van der Waals surface area contributed by atoms with Crippen molar-refractivity contribution < 1.29 is 23.5 Å². The van der Waals surface area contributed by atoms with Crippen molar-refractivity contribution in [3.05, 3.63) is 116 Å². The van der Waals surface area contributed by atoms with E-state index in [1.165, 1.54) is 33.6 Å². The summed E-state index contributed by atoms with van der Waals surface area (Å²) in [6.07, 6.45) is 2.85. The van der Waals surface area contributed by atoms with Gasteiger partial charge in [-0.05, 0) is 87.2 Å². The van der Waals surface area contributed by atoms with Crippen LogP contribution in [0.15, 0.2) is 76.4 Å². The van der Waals surface area contributed by atoms with Gasteiger partial charge in [-0.25, -0.2) is 23.9 Å². The highest BCUT2D eigenvalue weighted by atomic mass is 32.1. The molecule has 14 heteroatoms. The SMILES string of the molecule is CONC(=O)Nc1ccc(-c2sc3c(c2CN(C)C(C)c2ccccn2)c(=O)n(C2CCC(O)CC2)c(=O)n3Cc2c(F)cccc2F)cc1. The van der Waals surface area contributed by atoms with E-state index in [1.54, 1.807) is 30.5 Å². The molecule has 5 aromatic rings. The third-order valence-electron chi connectivity index (χ3n) is 9.30. The van der Waals surface area contributed by atoms with Crippen LogP contribution in [0.5, 0.6) is 0 Å². The fourth-order valence-corrected chi connectivity index (χ4v) is 7.78. The second-order valence-corrected chi connectivity index (χ2v) is 13.5. The first-order valence-electron chi connectivity index (χ1n) is 16.3. The van der Waals surface area contributed by atoms with Crippen LogP contribution in [-0.4, -0.2) is 50.4 Å². The summed E-state index contributed by atoms with van der Waals surface area (Å²) in [7, 11) is 3.24. The third kappa shape index (κ3) is 7.10. The summed E-state index contributed by atoms with van der Waals surface area (Å²) >= 11 is 1.20. The number of benzene rings is 2. The number of urea groups is 1. The molecule has 2 amide bonds. The second kappa shape index (κ2) is 15.0. The van der Waals surface area contributed by atoms with Crippen LogP contribution in [0.4, 0.5) is 19.3 Å². The van der Waals surface area contributed by atoms with Gasteiger partial charge in [-0.1, -0.05) is 24.3 Å². The van der Waals surface area contributed by atoms with E-state index in [9.17, 15) is 19.5 Å². The molecule has 1 saturated carbocycles. The molecule has 0 spiro atoms. The zero-order valence-corrected chi connectivity index (χ0v) is 28.7. The quantitative estimate of drug-likeness (QED) is 0.153. The smallest absolute Gasteiger partial charge is 0.343 e. The van der Waals surface area contributed by atoms with Gasteiger partial charge >= 0.3 is 11.7 Å². The Morgan fingerprint density at radius 1 is 1.04 bits per heavy atom. The van der Waals surface area contributed by atoms with E-state index >= 15 is 8.78 Å². The van der Waals surface area contributed by atoms with E-state index in [4.69, 9.17) is 0 Å². The Morgan fingerprint density at radius 2 is 1.74 bits per heavy atom. The number of hydroxylamine groups is 1. The molecule has 3 heterocycles. The van der Waals surface area contributed by atoms with Crippen LogP contribution in [0.25, 0.3) is 20.7 Å². The van der Waals surface area contributed by atoms with Crippen LogP contribution in [0.2, 0.25) is 0 Å². The minimum Gasteiger partial charge on any atom is -0.393 e. The standard InChI is InChI=1S/C36H38F2N6O5S/c1-21(30-9-4-5-18-39-30)42(2)19-27-31-33(46)44(24-14-16-25(45)17-15-24)36(48)43(20-26-28(37)7-6-8-29(26)38)34(31)50-32(27)22-10-12-23(13-11-22)40-35(47)41-49-3/h4-13,18,21,24-25,45H,14-17,19-20H2,1-3H3,(H2,40,41,47). The topological polar surface area (TPSA) is 131 Å². The first-order chi connectivity index (χ1) is 24.1. The molecule has 11 nitrogen and oxygen atoms in total. The number of nitrogens with zero attached hydrogens (tertiary/aromatic N) is 4. The fraction of sp³-hybridized carbons (Fsp3) is 0.333. The summed E-state index contributed by atoms with van der Waals surface area (Å²) in [5, 5.41) is 13.2. The van der Waals surface area contributed by atoms with E-state index in [1.807, 2.05) is 37.1 Å².